The Kier molecular flexibility index (Phi) is 3.60. The standard InChI is InChI=1S/C14H17ClFN3/c15-10-4-2-1-3-5-11(10)17-14-18-12-7-6-9(16)8-13(12)19-14/h6-8,10-11H,1-5H2,(H2,17,18,19). The molecule has 1 aliphatic rings. The minimum absolute atomic E-state index is 0.132. The van der Waals surface area contributed by atoms with Crippen LogP contribution < -0.4 is 5.32 Å². The van der Waals surface area contributed by atoms with Crippen LogP contribution in [0.4, 0.5) is 10.3 Å². The van der Waals surface area contributed by atoms with Gasteiger partial charge in [-0.2, -0.15) is 0 Å². The molecule has 1 saturated carbocycles. The highest BCUT2D eigenvalue weighted by Gasteiger charge is 2.22. The number of nitrogens with zero attached hydrogens (tertiary/aromatic N) is 1. The van der Waals surface area contributed by atoms with E-state index in [1.165, 1.54) is 31.4 Å². The second kappa shape index (κ2) is 5.37. The molecule has 5 heteroatoms. The smallest absolute Gasteiger partial charge is 0.201 e. The second-order valence-electron chi connectivity index (χ2n) is 5.15. The predicted molar refractivity (Wildman–Crippen MR) is 76.2 cm³/mol. The van der Waals surface area contributed by atoms with Crippen LogP contribution in [0.3, 0.4) is 0 Å². The quantitative estimate of drug-likeness (QED) is 0.644. The van der Waals surface area contributed by atoms with Crippen molar-refractivity contribution in [3.05, 3.63) is 24.0 Å². The average Bonchev–Trinajstić information content (AvgIpc) is 2.66. The van der Waals surface area contributed by atoms with Crippen molar-refractivity contribution in [1.29, 1.82) is 0 Å². The number of aromatic amines is 1. The minimum atomic E-state index is -0.257. The Morgan fingerprint density at radius 1 is 1.26 bits per heavy atom. The molecule has 2 N–H and O–H groups in total. The lowest BCUT2D eigenvalue weighted by molar-refractivity contribution is 0.623. The zero-order valence-corrected chi connectivity index (χ0v) is 11.4. The van der Waals surface area contributed by atoms with Gasteiger partial charge in [-0.1, -0.05) is 19.3 Å². The third-order valence-electron chi connectivity index (χ3n) is 3.70. The first kappa shape index (κ1) is 12.7. The summed E-state index contributed by atoms with van der Waals surface area (Å²) < 4.78 is 13.1. The van der Waals surface area contributed by atoms with E-state index in [2.05, 4.69) is 15.3 Å². The molecule has 3 rings (SSSR count). The maximum Gasteiger partial charge on any atom is 0.201 e. The molecule has 3 nitrogen and oxygen atoms in total. The number of rotatable bonds is 2. The number of aromatic nitrogens is 2. The largest absolute Gasteiger partial charge is 0.352 e. The fourth-order valence-corrected chi connectivity index (χ4v) is 2.99. The van der Waals surface area contributed by atoms with Crippen molar-refractivity contribution in [3.8, 4) is 0 Å². The lowest BCUT2D eigenvalue weighted by atomic mass is 10.1. The Morgan fingerprint density at radius 2 is 2.11 bits per heavy atom. The van der Waals surface area contributed by atoms with E-state index in [1.807, 2.05) is 0 Å². The SMILES string of the molecule is Fc1ccc2nc(NC3CCCCCC3Cl)[nH]c2c1. The molecule has 1 aromatic carbocycles. The lowest BCUT2D eigenvalue weighted by Crippen LogP contribution is -2.29. The molecule has 2 atom stereocenters. The highest BCUT2D eigenvalue weighted by Crippen LogP contribution is 2.25. The Labute approximate surface area is 116 Å². The second-order valence-corrected chi connectivity index (χ2v) is 5.71. The minimum Gasteiger partial charge on any atom is -0.352 e. The summed E-state index contributed by atoms with van der Waals surface area (Å²) in [6, 6.07) is 4.79. The molecule has 0 amide bonds. The van der Waals surface area contributed by atoms with Crippen LogP contribution in [0.1, 0.15) is 32.1 Å². The third-order valence-corrected chi connectivity index (χ3v) is 4.22. The first-order chi connectivity index (χ1) is 9.22. The topological polar surface area (TPSA) is 40.7 Å². The van der Waals surface area contributed by atoms with E-state index in [0.717, 1.165) is 18.4 Å². The van der Waals surface area contributed by atoms with E-state index in [0.29, 0.717) is 11.5 Å². The molecule has 2 aromatic rings. The fourth-order valence-electron chi connectivity index (χ4n) is 2.65. The van der Waals surface area contributed by atoms with Crippen LogP contribution in [0, 0.1) is 5.82 Å². The number of benzene rings is 1. The number of hydrogen-bond acceptors (Lipinski definition) is 2. The average molecular weight is 282 g/mol. The Balaban J connectivity index is 1.80. The summed E-state index contributed by atoms with van der Waals surface area (Å²) in [5.41, 5.74) is 1.48. The van der Waals surface area contributed by atoms with E-state index in [1.54, 1.807) is 6.07 Å². The first-order valence-corrected chi connectivity index (χ1v) is 7.22. The fraction of sp³-hybridized carbons (Fsp3) is 0.500. The molecule has 102 valence electrons. The molecular formula is C14H17ClFN3. The van der Waals surface area contributed by atoms with Crippen molar-refractivity contribution in [2.24, 2.45) is 0 Å². The van der Waals surface area contributed by atoms with Gasteiger partial charge in [0.25, 0.3) is 0 Å². The summed E-state index contributed by atoms with van der Waals surface area (Å²) >= 11 is 6.40. The van der Waals surface area contributed by atoms with Gasteiger partial charge in [0.15, 0.2) is 0 Å². The highest BCUT2D eigenvalue weighted by molar-refractivity contribution is 6.21. The van der Waals surface area contributed by atoms with Gasteiger partial charge in [-0.25, -0.2) is 9.37 Å². The van der Waals surface area contributed by atoms with Gasteiger partial charge in [-0.05, 0) is 31.0 Å². The van der Waals surface area contributed by atoms with E-state index in [9.17, 15) is 4.39 Å². The number of H-pyrrole nitrogens is 1. The molecule has 19 heavy (non-hydrogen) atoms. The summed E-state index contributed by atoms with van der Waals surface area (Å²) in [7, 11) is 0. The van der Waals surface area contributed by atoms with Crippen LogP contribution in [0.25, 0.3) is 11.0 Å². The predicted octanol–water partition coefficient (Wildman–Crippen LogP) is 4.05. The summed E-state index contributed by atoms with van der Waals surface area (Å²) in [4.78, 5) is 7.52. The summed E-state index contributed by atoms with van der Waals surface area (Å²) in [5.74, 6) is 0.422. The first-order valence-electron chi connectivity index (χ1n) is 6.78. The van der Waals surface area contributed by atoms with Gasteiger partial charge >= 0.3 is 0 Å². The zero-order chi connectivity index (χ0) is 13.2. The van der Waals surface area contributed by atoms with Gasteiger partial charge < -0.3 is 10.3 Å². The van der Waals surface area contributed by atoms with Crippen LogP contribution in [-0.2, 0) is 0 Å². The normalized spacial score (nSPS) is 24.3. The maximum atomic E-state index is 13.1. The van der Waals surface area contributed by atoms with Crippen molar-refractivity contribution in [2.45, 2.75) is 43.5 Å². The molecule has 0 radical (unpaired) electrons. The third kappa shape index (κ3) is 2.84. The monoisotopic (exact) mass is 281 g/mol. The molecule has 1 heterocycles. The van der Waals surface area contributed by atoms with E-state index in [4.69, 9.17) is 11.6 Å². The van der Waals surface area contributed by atoms with Crippen LogP contribution in [-0.4, -0.2) is 21.4 Å². The van der Waals surface area contributed by atoms with E-state index in [-0.39, 0.29) is 17.2 Å². The van der Waals surface area contributed by atoms with Gasteiger partial charge in [0.2, 0.25) is 5.95 Å². The van der Waals surface area contributed by atoms with E-state index >= 15 is 0 Å². The molecule has 0 saturated heterocycles. The lowest BCUT2D eigenvalue weighted by Gasteiger charge is -2.20. The van der Waals surface area contributed by atoms with Crippen molar-refractivity contribution in [1.82, 2.24) is 9.97 Å². The van der Waals surface area contributed by atoms with Gasteiger partial charge in [0.05, 0.1) is 16.4 Å². The Hall–Kier alpha value is -1.29. The molecule has 2 unspecified atom stereocenters. The number of nitrogens with one attached hydrogen (secondary N) is 2. The number of imidazole rings is 1. The number of hydrogen-bond donors (Lipinski definition) is 2. The number of halogens is 2. The summed E-state index contributed by atoms with van der Waals surface area (Å²) in [5, 5.41) is 3.49. The molecule has 0 aliphatic heterocycles. The van der Waals surface area contributed by atoms with Crippen molar-refractivity contribution >= 4 is 28.6 Å². The highest BCUT2D eigenvalue weighted by atomic mass is 35.5. The van der Waals surface area contributed by atoms with Crippen LogP contribution in [0.15, 0.2) is 18.2 Å². The molecular weight excluding hydrogens is 265 g/mol. The van der Waals surface area contributed by atoms with Gasteiger partial charge in [0, 0.05) is 6.04 Å². The molecule has 1 aromatic heterocycles. The van der Waals surface area contributed by atoms with E-state index < -0.39 is 0 Å². The molecule has 1 fully saturated rings. The molecule has 0 bridgehead atoms. The Morgan fingerprint density at radius 3 is 3.00 bits per heavy atom. The van der Waals surface area contributed by atoms with Crippen LogP contribution >= 0.6 is 11.6 Å². The number of fused-ring (bicyclic) bond motifs is 1. The van der Waals surface area contributed by atoms with Gasteiger partial charge in [-0.15, -0.1) is 11.6 Å². The van der Waals surface area contributed by atoms with Crippen molar-refractivity contribution < 1.29 is 4.39 Å². The van der Waals surface area contributed by atoms with Crippen LogP contribution in [0.2, 0.25) is 0 Å². The molecule has 1 aliphatic carbocycles. The Bertz CT molecular complexity index is 569. The summed E-state index contributed by atoms with van der Waals surface area (Å²) in [6.45, 7) is 0. The van der Waals surface area contributed by atoms with Gasteiger partial charge in [-0.3, -0.25) is 0 Å². The number of alkyl halides is 1. The van der Waals surface area contributed by atoms with Crippen molar-refractivity contribution in [2.75, 3.05) is 5.32 Å². The maximum absolute atomic E-state index is 13.1. The summed E-state index contributed by atoms with van der Waals surface area (Å²) in [6.07, 6.45) is 5.72. The molecule has 0 spiro atoms. The zero-order valence-electron chi connectivity index (χ0n) is 10.6. The van der Waals surface area contributed by atoms with Crippen LogP contribution in [0.5, 0.6) is 0 Å². The van der Waals surface area contributed by atoms with Gasteiger partial charge in [0.1, 0.15) is 5.82 Å². The van der Waals surface area contributed by atoms with Crippen molar-refractivity contribution in [3.63, 3.8) is 0 Å². The number of anilines is 1.